The van der Waals surface area contributed by atoms with Crippen LogP contribution in [0.2, 0.25) is 0 Å². The molecule has 1 amide bonds. The normalized spacial score (nSPS) is 13.9. The summed E-state index contributed by atoms with van der Waals surface area (Å²) < 4.78 is 0. The highest BCUT2D eigenvalue weighted by molar-refractivity contribution is 5.77. The van der Waals surface area contributed by atoms with Gasteiger partial charge in [-0.25, -0.2) is 0 Å². The van der Waals surface area contributed by atoms with Gasteiger partial charge in [0.25, 0.3) is 5.56 Å². The molecule has 0 spiro atoms. The Bertz CT molecular complexity index is 606. The summed E-state index contributed by atoms with van der Waals surface area (Å²) in [6.45, 7) is 3.55. The quantitative estimate of drug-likeness (QED) is 0.848. The zero-order valence-corrected chi connectivity index (χ0v) is 11.2. The molecule has 0 aliphatic heterocycles. The zero-order chi connectivity index (χ0) is 14.0. The van der Waals surface area contributed by atoms with Crippen LogP contribution in [0.25, 0.3) is 0 Å². The summed E-state index contributed by atoms with van der Waals surface area (Å²) in [7, 11) is 0. The summed E-state index contributed by atoms with van der Waals surface area (Å²) in [4.78, 5) is 25.9. The summed E-state index contributed by atoms with van der Waals surface area (Å²) in [5.41, 5.74) is 2.10. The number of nitriles is 1. The number of amides is 1. The average Bonchev–Trinajstić information content (AvgIpc) is 3.12. The number of pyridine rings is 1. The Balaban J connectivity index is 2.13. The Morgan fingerprint density at radius 1 is 1.47 bits per heavy atom. The van der Waals surface area contributed by atoms with E-state index in [-0.39, 0.29) is 17.0 Å². The van der Waals surface area contributed by atoms with E-state index in [0.717, 1.165) is 24.1 Å². The van der Waals surface area contributed by atoms with Crippen LogP contribution in [-0.4, -0.2) is 16.9 Å². The zero-order valence-electron chi connectivity index (χ0n) is 11.2. The number of aromatic amines is 1. The van der Waals surface area contributed by atoms with Gasteiger partial charge >= 0.3 is 0 Å². The van der Waals surface area contributed by atoms with Crippen LogP contribution in [0.1, 0.15) is 41.6 Å². The fourth-order valence-electron chi connectivity index (χ4n) is 2.19. The number of carbonyl (C=O) groups excluding carboxylic acids is 1. The maximum absolute atomic E-state index is 11.7. The van der Waals surface area contributed by atoms with Crippen molar-refractivity contribution in [1.82, 2.24) is 10.3 Å². The van der Waals surface area contributed by atoms with E-state index in [0.29, 0.717) is 24.4 Å². The van der Waals surface area contributed by atoms with Gasteiger partial charge in [0, 0.05) is 18.2 Å². The SMILES string of the molecule is Cc1[nH]c(=O)c(C#N)c(C)c1CCC(=O)NC1CC1. The van der Waals surface area contributed by atoms with E-state index in [1.54, 1.807) is 13.8 Å². The van der Waals surface area contributed by atoms with Crippen LogP contribution < -0.4 is 10.9 Å². The summed E-state index contributed by atoms with van der Waals surface area (Å²) in [6.07, 6.45) is 3.07. The van der Waals surface area contributed by atoms with Gasteiger partial charge in [-0.1, -0.05) is 0 Å². The van der Waals surface area contributed by atoms with Crippen molar-refractivity contribution < 1.29 is 4.79 Å². The molecule has 19 heavy (non-hydrogen) atoms. The standard InChI is InChI=1S/C14H17N3O2/c1-8-11(5-6-13(18)17-10-3-4-10)9(2)16-14(19)12(8)7-15/h10H,3-6H2,1-2H3,(H,16,19)(H,17,18). The predicted octanol–water partition coefficient (Wildman–Crippen LogP) is 1.07. The van der Waals surface area contributed by atoms with Crippen molar-refractivity contribution in [3.05, 3.63) is 32.7 Å². The van der Waals surface area contributed by atoms with E-state index in [9.17, 15) is 9.59 Å². The van der Waals surface area contributed by atoms with E-state index >= 15 is 0 Å². The molecule has 0 radical (unpaired) electrons. The minimum atomic E-state index is -0.358. The molecule has 1 saturated carbocycles. The number of aryl methyl sites for hydroxylation is 1. The van der Waals surface area contributed by atoms with Crippen LogP contribution in [0.4, 0.5) is 0 Å². The fourth-order valence-corrected chi connectivity index (χ4v) is 2.19. The molecule has 1 aliphatic rings. The fraction of sp³-hybridized carbons (Fsp3) is 0.500. The van der Waals surface area contributed by atoms with Gasteiger partial charge in [-0.05, 0) is 44.2 Å². The number of hydrogen-bond donors (Lipinski definition) is 2. The minimum Gasteiger partial charge on any atom is -0.353 e. The number of hydrogen-bond acceptors (Lipinski definition) is 3. The molecule has 0 atom stereocenters. The molecule has 5 heteroatoms. The van der Waals surface area contributed by atoms with Crippen molar-refractivity contribution >= 4 is 5.91 Å². The Morgan fingerprint density at radius 2 is 2.16 bits per heavy atom. The predicted molar refractivity (Wildman–Crippen MR) is 70.7 cm³/mol. The second-order valence-corrected chi connectivity index (χ2v) is 5.01. The first-order valence-corrected chi connectivity index (χ1v) is 6.44. The molecular formula is C14H17N3O2. The van der Waals surface area contributed by atoms with Gasteiger partial charge in [-0.15, -0.1) is 0 Å². The maximum atomic E-state index is 11.7. The van der Waals surface area contributed by atoms with Crippen LogP contribution >= 0.6 is 0 Å². The lowest BCUT2D eigenvalue weighted by Gasteiger charge is -2.10. The van der Waals surface area contributed by atoms with Gasteiger partial charge < -0.3 is 10.3 Å². The van der Waals surface area contributed by atoms with Crippen molar-refractivity contribution in [3.8, 4) is 6.07 Å². The van der Waals surface area contributed by atoms with Crippen molar-refractivity contribution in [2.75, 3.05) is 0 Å². The molecule has 5 nitrogen and oxygen atoms in total. The first-order chi connectivity index (χ1) is 9.02. The monoisotopic (exact) mass is 259 g/mol. The van der Waals surface area contributed by atoms with Gasteiger partial charge in [-0.2, -0.15) is 5.26 Å². The van der Waals surface area contributed by atoms with Crippen LogP contribution in [0.15, 0.2) is 4.79 Å². The van der Waals surface area contributed by atoms with Crippen LogP contribution in [-0.2, 0) is 11.2 Å². The lowest BCUT2D eigenvalue weighted by Crippen LogP contribution is -2.26. The average molecular weight is 259 g/mol. The molecule has 2 N–H and O–H groups in total. The van der Waals surface area contributed by atoms with Crippen molar-refractivity contribution in [3.63, 3.8) is 0 Å². The first-order valence-electron chi connectivity index (χ1n) is 6.44. The molecule has 0 unspecified atom stereocenters. The Labute approximate surface area is 111 Å². The van der Waals surface area contributed by atoms with Crippen molar-refractivity contribution in [1.29, 1.82) is 5.26 Å². The molecule has 1 heterocycles. The van der Waals surface area contributed by atoms with Gasteiger partial charge in [-0.3, -0.25) is 9.59 Å². The third kappa shape index (κ3) is 3.02. The van der Waals surface area contributed by atoms with Crippen LogP contribution in [0, 0.1) is 25.2 Å². The van der Waals surface area contributed by atoms with Gasteiger partial charge in [0.1, 0.15) is 11.6 Å². The summed E-state index contributed by atoms with van der Waals surface area (Å²) >= 11 is 0. The lowest BCUT2D eigenvalue weighted by molar-refractivity contribution is -0.121. The van der Waals surface area contributed by atoms with Gasteiger partial charge in [0.2, 0.25) is 5.91 Å². The molecule has 1 aliphatic carbocycles. The number of rotatable bonds is 4. The molecule has 2 rings (SSSR count). The largest absolute Gasteiger partial charge is 0.353 e. The number of nitrogens with zero attached hydrogens (tertiary/aromatic N) is 1. The maximum Gasteiger partial charge on any atom is 0.266 e. The van der Waals surface area contributed by atoms with E-state index in [1.165, 1.54) is 0 Å². The van der Waals surface area contributed by atoms with Crippen molar-refractivity contribution in [2.24, 2.45) is 0 Å². The van der Waals surface area contributed by atoms with Crippen LogP contribution in [0.3, 0.4) is 0 Å². The van der Waals surface area contributed by atoms with Crippen LogP contribution in [0.5, 0.6) is 0 Å². The molecule has 1 fully saturated rings. The van der Waals surface area contributed by atoms with Crippen molar-refractivity contribution in [2.45, 2.75) is 45.6 Å². The molecule has 0 aromatic carbocycles. The van der Waals surface area contributed by atoms with Gasteiger partial charge in [0.15, 0.2) is 0 Å². The lowest BCUT2D eigenvalue weighted by atomic mass is 9.99. The number of carbonyl (C=O) groups is 1. The second-order valence-electron chi connectivity index (χ2n) is 5.01. The molecule has 100 valence electrons. The Kier molecular flexibility index (Phi) is 3.70. The summed E-state index contributed by atoms with van der Waals surface area (Å²) in [5, 5.41) is 11.9. The minimum absolute atomic E-state index is 0.0333. The van der Waals surface area contributed by atoms with E-state index in [4.69, 9.17) is 5.26 Å². The number of aromatic nitrogens is 1. The third-order valence-corrected chi connectivity index (χ3v) is 3.46. The Hall–Kier alpha value is -2.09. The molecule has 1 aromatic rings. The number of H-pyrrole nitrogens is 1. The topological polar surface area (TPSA) is 85.8 Å². The third-order valence-electron chi connectivity index (χ3n) is 3.46. The van der Waals surface area contributed by atoms with E-state index < -0.39 is 0 Å². The summed E-state index contributed by atoms with van der Waals surface area (Å²) in [5.74, 6) is 0.0333. The van der Waals surface area contributed by atoms with E-state index in [2.05, 4.69) is 10.3 Å². The molecule has 0 saturated heterocycles. The first kappa shape index (κ1) is 13.3. The smallest absolute Gasteiger partial charge is 0.266 e. The van der Waals surface area contributed by atoms with E-state index in [1.807, 2.05) is 6.07 Å². The molecule has 0 bridgehead atoms. The number of nitrogens with one attached hydrogen (secondary N) is 2. The highest BCUT2D eigenvalue weighted by Gasteiger charge is 2.23. The molecular weight excluding hydrogens is 242 g/mol. The van der Waals surface area contributed by atoms with Gasteiger partial charge in [0.05, 0.1) is 0 Å². The Morgan fingerprint density at radius 3 is 2.74 bits per heavy atom. The second kappa shape index (κ2) is 5.27. The molecule has 1 aromatic heterocycles. The summed E-state index contributed by atoms with van der Waals surface area (Å²) in [6, 6.07) is 2.28. The highest BCUT2D eigenvalue weighted by atomic mass is 16.1. The highest BCUT2D eigenvalue weighted by Crippen LogP contribution is 2.19.